The van der Waals surface area contributed by atoms with Crippen LogP contribution in [-0.4, -0.2) is 75.9 Å². The van der Waals surface area contributed by atoms with E-state index in [0.717, 1.165) is 67.9 Å². The number of aliphatic hydroxyl groups excluding tert-OH is 1. The van der Waals surface area contributed by atoms with Gasteiger partial charge in [-0.15, -0.1) is 0 Å². The summed E-state index contributed by atoms with van der Waals surface area (Å²) in [6.07, 6.45) is 3.08. The Morgan fingerprint density at radius 3 is 2.56 bits per heavy atom. The predicted octanol–water partition coefficient (Wildman–Crippen LogP) is 2.37. The van der Waals surface area contributed by atoms with Crippen LogP contribution in [0.5, 0.6) is 5.75 Å². The van der Waals surface area contributed by atoms with Crippen LogP contribution in [-0.2, 0) is 13.0 Å². The maximum Gasteiger partial charge on any atom is 0.222 e. The second-order valence-corrected chi connectivity index (χ2v) is 8.86. The van der Waals surface area contributed by atoms with Gasteiger partial charge < -0.3 is 26.2 Å². The van der Waals surface area contributed by atoms with Gasteiger partial charge in [0.05, 0.1) is 0 Å². The zero-order chi connectivity index (χ0) is 23.1. The molecule has 1 saturated heterocycles. The fourth-order valence-corrected chi connectivity index (χ4v) is 4.25. The van der Waals surface area contributed by atoms with Crippen molar-refractivity contribution in [2.75, 3.05) is 50.9 Å². The van der Waals surface area contributed by atoms with Crippen molar-refractivity contribution >= 4 is 11.8 Å². The lowest BCUT2D eigenvalue weighted by atomic mass is 10.0. The number of nitrogens with one attached hydrogen (secondary N) is 1. The van der Waals surface area contributed by atoms with Crippen LogP contribution in [0.1, 0.15) is 48.6 Å². The van der Waals surface area contributed by atoms with Crippen LogP contribution in [0.2, 0.25) is 0 Å². The molecule has 8 heteroatoms. The number of phenols is 1. The Morgan fingerprint density at radius 2 is 1.91 bits per heavy atom. The largest absolute Gasteiger partial charge is 0.508 e. The number of nitrogen functional groups attached to an aromatic ring is 1. The van der Waals surface area contributed by atoms with E-state index < -0.39 is 0 Å². The van der Waals surface area contributed by atoms with Crippen molar-refractivity contribution in [3.8, 4) is 5.75 Å². The summed E-state index contributed by atoms with van der Waals surface area (Å²) in [6, 6.07) is 6.08. The molecule has 0 aliphatic carbocycles. The standard InChI is InChI=1S/C24H38N6O2/c1-4-5-20(8-13-31)27-23-21(17(2)26-24(25)28-23)15-19-7-6-18(14-22(19)32)16-30-11-9-29(3)10-12-30/h6-7,14,20,31-32H,4-5,8-13,15-16H2,1-3H3,(H3,25,26,27,28). The molecule has 5 N–H and O–H groups in total. The number of nitrogens with zero attached hydrogens (tertiary/aromatic N) is 4. The molecule has 1 fully saturated rings. The number of piperazine rings is 1. The lowest BCUT2D eigenvalue weighted by Crippen LogP contribution is -2.43. The summed E-state index contributed by atoms with van der Waals surface area (Å²) in [5.74, 6) is 1.20. The van der Waals surface area contributed by atoms with E-state index in [-0.39, 0.29) is 18.6 Å². The molecule has 2 heterocycles. The van der Waals surface area contributed by atoms with Crippen LogP contribution in [0.25, 0.3) is 0 Å². The Hall–Kier alpha value is -2.42. The van der Waals surface area contributed by atoms with Crippen LogP contribution in [0.3, 0.4) is 0 Å². The van der Waals surface area contributed by atoms with Gasteiger partial charge in [-0.25, -0.2) is 4.98 Å². The lowest BCUT2D eigenvalue weighted by molar-refractivity contribution is 0.148. The van der Waals surface area contributed by atoms with E-state index in [0.29, 0.717) is 24.4 Å². The van der Waals surface area contributed by atoms with E-state index >= 15 is 0 Å². The Morgan fingerprint density at radius 1 is 1.16 bits per heavy atom. The molecule has 1 aromatic heterocycles. The van der Waals surface area contributed by atoms with Gasteiger partial charge in [-0.3, -0.25) is 4.90 Å². The minimum Gasteiger partial charge on any atom is -0.508 e. The summed E-state index contributed by atoms with van der Waals surface area (Å²) < 4.78 is 0. The van der Waals surface area contributed by atoms with E-state index in [2.05, 4.69) is 45.1 Å². The Labute approximate surface area is 191 Å². The Balaban J connectivity index is 1.77. The highest BCUT2D eigenvalue weighted by Gasteiger charge is 2.18. The number of phenolic OH excluding ortho intramolecular Hbond substituents is 1. The van der Waals surface area contributed by atoms with Gasteiger partial charge >= 0.3 is 0 Å². The third-order valence-electron chi connectivity index (χ3n) is 6.21. The average molecular weight is 443 g/mol. The van der Waals surface area contributed by atoms with Crippen molar-refractivity contribution in [3.05, 3.63) is 40.6 Å². The molecular formula is C24H38N6O2. The summed E-state index contributed by atoms with van der Waals surface area (Å²) in [7, 11) is 2.15. The van der Waals surface area contributed by atoms with Crippen molar-refractivity contribution in [1.82, 2.24) is 19.8 Å². The van der Waals surface area contributed by atoms with Crippen LogP contribution < -0.4 is 11.1 Å². The third kappa shape index (κ3) is 6.54. The zero-order valence-corrected chi connectivity index (χ0v) is 19.6. The molecule has 8 nitrogen and oxygen atoms in total. The zero-order valence-electron chi connectivity index (χ0n) is 19.6. The SMILES string of the molecule is CCCC(CCO)Nc1nc(N)nc(C)c1Cc1ccc(CN2CCN(C)CC2)cc1O. The number of rotatable bonds is 10. The minimum absolute atomic E-state index is 0.108. The van der Waals surface area contributed by atoms with Crippen molar-refractivity contribution in [2.24, 2.45) is 0 Å². The summed E-state index contributed by atoms with van der Waals surface area (Å²) in [5, 5.41) is 23.6. The van der Waals surface area contributed by atoms with Crippen molar-refractivity contribution in [3.63, 3.8) is 0 Å². The maximum atomic E-state index is 10.8. The van der Waals surface area contributed by atoms with Crippen LogP contribution in [0.15, 0.2) is 18.2 Å². The molecular weight excluding hydrogens is 404 g/mol. The maximum absolute atomic E-state index is 10.8. The first-order valence-corrected chi connectivity index (χ1v) is 11.6. The normalized spacial score (nSPS) is 16.2. The molecule has 0 bridgehead atoms. The van der Waals surface area contributed by atoms with E-state index in [1.54, 1.807) is 0 Å². The molecule has 2 aromatic rings. The molecule has 0 spiro atoms. The van der Waals surface area contributed by atoms with Gasteiger partial charge in [-0.2, -0.15) is 4.98 Å². The number of aryl methyl sites for hydroxylation is 1. The number of aromatic hydroxyl groups is 1. The molecule has 1 aromatic carbocycles. The molecule has 1 atom stereocenters. The number of benzene rings is 1. The highest BCUT2D eigenvalue weighted by molar-refractivity contribution is 5.53. The summed E-state index contributed by atoms with van der Waals surface area (Å²) >= 11 is 0. The molecule has 32 heavy (non-hydrogen) atoms. The number of likely N-dealkylation sites (N-methyl/N-ethyl adjacent to an activating group) is 1. The molecule has 3 rings (SSSR count). The van der Waals surface area contributed by atoms with E-state index in [1.807, 2.05) is 19.1 Å². The number of anilines is 2. The van der Waals surface area contributed by atoms with Gasteiger partial charge in [-0.05, 0) is 44.0 Å². The molecule has 1 unspecified atom stereocenters. The minimum atomic E-state index is 0.108. The molecule has 1 aliphatic heterocycles. The summed E-state index contributed by atoms with van der Waals surface area (Å²) in [5.41, 5.74) is 9.58. The Bertz CT molecular complexity index is 877. The van der Waals surface area contributed by atoms with Gasteiger partial charge in [0.25, 0.3) is 0 Å². The van der Waals surface area contributed by atoms with Gasteiger partial charge in [0.15, 0.2) is 0 Å². The van der Waals surface area contributed by atoms with Crippen LogP contribution >= 0.6 is 0 Å². The Kier molecular flexibility index (Phi) is 8.67. The number of hydrogen-bond donors (Lipinski definition) is 4. The molecule has 1 aliphatic rings. The number of hydrogen-bond acceptors (Lipinski definition) is 8. The fourth-order valence-electron chi connectivity index (χ4n) is 4.25. The van der Waals surface area contributed by atoms with Gasteiger partial charge in [0.2, 0.25) is 5.95 Å². The summed E-state index contributed by atoms with van der Waals surface area (Å²) in [6.45, 7) is 9.23. The fraction of sp³-hybridized carbons (Fsp3) is 0.583. The van der Waals surface area contributed by atoms with Crippen molar-refractivity contribution < 1.29 is 10.2 Å². The second-order valence-electron chi connectivity index (χ2n) is 8.86. The van der Waals surface area contributed by atoms with Gasteiger partial charge in [0.1, 0.15) is 11.6 Å². The molecule has 0 radical (unpaired) electrons. The number of aromatic nitrogens is 2. The van der Waals surface area contributed by atoms with E-state index in [1.165, 1.54) is 0 Å². The first-order chi connectivity index (χ1) is 15.4. The quantitative estimate of drug-likeness (QED) is 0.444. The second kappa shape index (κ2) is 11.4. The van der Waals surface area contributed by atoms with Crippen LogP contribution in [0, 0.1) is 6.92 Å². The molecule has 0 saturated carbocycles. The van der Waals surface area contributed by atoms with E-state index in [4.69, 9.17) is 5.73 Å². The predicted molar refractivity (Wildman–Crippen MR) is 129 cm³/mol. The highest BCUT2D eigenvalue weighted by atomic mass is 16.3. The smallest absolute Gasteiger partial charge is 0.222 e. The van der Waals surface area contributed by atoms with Crippen molar-refractivity contribution in [2.45, 2.75) is 52.1 Å². The topological polar surface area (TPSA) is 111 Å². The lowest BCUT2D eigenvalue weighted by Gasteiger charge is -2.32. The van der Waals surface area contributed by atoms with E-state index in [9.17, 15) is 10.2 Å². The average Bonchev–Trinajstić information content (AvgIpc) is 2.74. The first kappa shape index (κ1) is 24.2. The molecule has 176 valence electrons. The third-order valence-corrected chi connectivity index (χ3v) is 6.21. The number of nitrogens with two attached hydrogens (primary N) is 1. The monoisotopic (exact) mass is 442 g/mol. The number of aliphatic hydroxyl groups is 1. The van der Waals surface area contributed by atoms with Crippen molar-refractivity contribution in [1.29, 1.82) is 0 Å². The molecule has 0 amide bonds. The first-order valence-electron chi connectivity index (χ1n) is 11.6. The van der Waals surface area contributed by atoms with Gasteiger partial charge in [-0.1, -0.05) is 25.5 Å². The highest BCUT2D eigenvalue weighted by Crippen LogP contribution is 2.28. The van der Waals surface area contributed by atoms with Gasteiger partial charge in [0, 0.05) is 63.1 Å². The summed E-state index contributed by atoms with van der Waals surface area (Å²) in [4.78, 5) is 13.6. The van der Waals surface area contributed by atoms with Crippen LogP contribution in [0.4, 0.5) is 11.8 Å².